The lowest BCUT2D eigenvalue weighted by molar-refractivity contribution is -0.154. The summed E-state index contributed by atoms with van der Waals surface area (Å²) < 4.78 is 13.5. The van der Waals surface area contributed by atoms with E-state index in [1.54, 1.807) is 6.07 Å². The number of nitrogens with zero attached hydrogens (tertiary/aromatic N) is 1. The van der Waals surface area contributed by atoms with Gasteiger partial charge in [-0.1, -0.05) is 6.92 Å². The van der Waals surface area contributed by atoms with Gasteiger partial charge in [0.2, 0.25) is 0 Å². The van der Waals surface area contributed by atoms with Crippen LogP contribution in [0.5, 0.6) is 0 Å². The summed E-state index contributed by atoms with van der Waals surface area (Å²) in [4.78, 5) is 34.4. The second-order valence-corrected chi connectivity index (χ2v) is 4.25. The SMILES string of the molecule is COC(=O)CC(C)(CC(=O)OC)C(C#N)C(=O)OC. The van der Waals surface area contributed by atoms with Crippen molar-refractivity contribution in [2.45, 2.75) is 19.8 Å². The molecule has 0 saturated heterocycles. The van der Waals surface area contributed by atoms with Crippen molar-refractivity contribution in [2.75, 3.05) is 21.3 Å². The van der Waals surface area contributed by atoms with Crippen LogP contribution in [0.2, 0.25) is 0 Å². The van der Waals surface area contributed by atoms with Gasteiger partial charge in [-0.15, -0.1) is 0 Å². The van der Waals surface area contributed by atoms with Crippen LogP contribution in [0.1, 0.15) is 19.8 Å². The van der Waals surface area contributed by atoms with E-state index in [2.05, 4.69) is 14.2 Å². The molecule has 0 aliphatic rings. The standard InChI is InChI=1S/C12H17NO6/c1-12(5-9(14)17-2,6-10(15)18-3)8(7-13)11(16)19-4/h8H,5-6H2,1-4H3. The molecule has 0 aromatic carbocycles. The van der Waals surface area contributed by atoms with Gasteiger partial charge in [-0.2, -0.15) is 5.26 Å². The molecule has 0 aromatic heterocycles. The maximum atomic E-state index is 11.6. The normalized spacial score (nSPS) is 11.9. The minimum atomic E-state index is -1.27. The summed E-state index contributed by atoms with van der Waals surface area (Å²) in [5.41, 5.74) is -1.25. The fourth-order valence-corrected chi connectivity index (χ4v) is 1.68. The van der Waals surface area contributed by atoms with Crippen molar-refractivity contribution >= 4 is 17.9 Å². The zero-order valence-corrected chi connectivity index (χ0v) is 11.4. The monoisotopic (exact) mass is 271 g/mol. The first kappa shape index (κ1) is 16.9. The minimum Gasteiger partial charge on any atom is -0.469 e. The Morgan fingerprint density at radius 3 is 1.74 bits per heavy atom. The number of rotatable bonds is 6. The van der Waals surface area contributed by atoms with E-state index in [1.165, 1.54) is 21.1 Å². The number of esters is 3. The molecule has 0 spiro atoms. The number of carbonyl (C=O) groups excluding carboxylic acids is 3. The fraction of sp³-hybridized carbons (Fsp3) is 0.667. The highest BCUT2D eigenvalue weighted by Crippen LogP contribution is 2.36. The number of ether oxygens (including phenoxy) is 3. The van der Waals surface area contributed by atoms with E-state index < -0.39 is 29.2 Å². The van der Waals surface area contributed by atoms with Crippen molar-refractivity contribution in [1.82, 2.24) is 0 Å². The van der Waals surface area contributed by atoms with Crippen molar-refractivity contribution < 1.29 is 28.6 Å². The lowest BCUT2D eigenvalue weighted by atomic mass is 9.72. The number of nitriles is 1. The van der Waals surface area contributed by atoms with E-state index in [0.717, 1.165) is 7.11 Å². The molecule has 19 heavy (non-hydrogen) atoms. The summed E-state index contributed by atoms with van der Waals surface area (Å²) >= 11 is 0. The van der Waals surface area contributed by atoms with Crippen LogP contribution < -0.4 is 0 Å². The van der Waals surface area contributed by atoms with Gasteiger partial charge >= 0.3 is 17.9 Å². The maximum absolute atomic E-state index is 11.6. The van der Waals surface area contributed by atoms with Crippen molar-refractivity contribution in [2.24, 2.45) is 11.3 Å². The summed E-state index contributed by atoms with van der Waals surface area (Å²) in [6.45, 7) is 1.46. The predicted octanol–water partition coefficient (Wildman–Crippen LogP) is 0.432. The van der Waals surface area contributed by atoms with Crippen molar-refractivity contribution in [3.63, 3.8) is 0 Å². The Bertz CT molecular complexity index is 380. The van der Waals surface area contributed by atoms with E-state index in [0.29, 0.717) is 0 Å². The van der Waals surface area contributed by atoms with Crippen LogP contribution in [0.3, 0.4) is 0 Å². The van der Waals surface area contributed by atoms with Gasteiger partial charge in [0.15, 0.2) is 5.92 Å². The minimum absolute atomic E-state index is 0.272. The van der Waals surface area contributed by atoms with Crippen molar-refractivity contribution in [3.8, 4) is 6.07 Å². The van der Waals surface area contributed by atoms with Gasteiger partial charge in [0.1, 0.15) is 0 Å². The van der Waals surface area contributed by atoms with E-state index in [-0.39, 0.29) is 12.8 Å². The quantitative estimate of drug-likeness (QED) is 0.509. The average Bonchev–Trinajstić information content (AvgIpc) is 2.38. The molecule has 7 nitrogen and oxygen atoms in total. The first-order chi connectivity index (χ1) is 8.84. The highest BCUT2D eigenvalue weighted by Gasteiger charge is 2.44. The van der Waals surface area contributed by atoms with E-state index >= 15 is 0 Å². The van der Waals surface area contributed by atoms with Gasteiger partial charge in [-0.05, 0) is 0 Å². The van der Waals surface area contributed by atoms with Gasteiger partial charge in [0.05, 0.1) is 40.2 Å². The Hall–Kier alpha value is -2.10. The Morgan fingerprint density at radius 1 is 1.05 bits per heavy atom. The molecular weight excluding hydrogens is 254 g/mol. The first-order valence-electron chi connectivity index (χ1n) is 5.45. The topological polar surface area (TPSA) is 103 Å². The van der Waals surface area contributed by atoms with E-state index in [1.807, 2.05) is 0 Å². The highest BCUT2D eigenvalue weighted by atomic mass is 16.5. The second-order valence-electron chi connectivity index (χ2n) is 4.25. The molecule has 7 heteroatoms. The van der Waals surface area contributed by atoms with Crippen LogP contribution in [0, 0.1) is 22.7 Å². The van der Waals surface area contributed by atoms with Crippen LogP contribution in [0.25, 0.3) is 0 Å². The zero-order chi connectivity index (χ0) is 15.1. The predicted molar refractivity (Wildman–Crippen MR) is 62.5 cm³/mol. The summed E-state index contributed by atoms with van der Waals surface area (Å²) in [6, 6.07) is 1.76. The summed E-state index contributed by atoms with van der Waals surface area (Å²) in [6.07, 6.45) is -0.544. The first-order valence-corrected chi connectivity index (χ1v) is 5.45. The molecule has 0 aliphatic carbocycles. The van der Waals surface area contributed by atoms with E-state index in [4.69, 9.17) is 5.26 Å². The Balaban J connectivity index is 5.34. The number of hydrogen-bond donors (Lipinski definition) is 0. The molecule has 0 saturated carbocycles. The molecule has 106 valence electrons. The summed E-state index contributed by atoms with van der Waals surface area (Å²) in [7, 11) is 3.49. The molecule has 0 rings (SSSR count). The molecule has 0 N–H and O–H groups in total. The van der Waals surface area contributed by atoms with Gasteiger partial charge < -0.3 is 14.2 Å². The van der Waals surface area contributed by atoms with Crippen molar-refractivity contribution in [3.05, 3.63) is 0 Å². The van der Waals surface area contributed by atoms with Gasteiger partial charge in [0, 0.05) is 5.41 Å². The van der Waals surface area contributed by atoms with Crippen molar-refractivity contribution in [1.29, 1.82) is 5.26 Å². The van der Waals surface area contributed by atoms with Crippen LogP contribution in [0.15, 0.2) is 0 Å². The van der Waals surface area contributed by atoms with Crippen LogP contribution in [-0.2, 0) is 28.6 Å². The highest BCUT2D eigenvalue weighted by molar-refractivity contribution is 5.81. The van der Waals surface area contributed by atoms with Crippen LogP contribution >= 0.6 is 0 Å². The molecular formula is C12H17NO6. The third kappa shape index (κ3) is 4.58. The van der Waals surface area contributed by atoms with Gasteiger partial charge in [-0.25, -0.2) is 0 Å². The number of hydrogen-bond acceptors (Lipinski definition) is 7. The Kier molecular flexibility index (Phi) is 6.55. The lowest BCUT2D eigenvalue weighted by Crippen LogP contribution is -2.37. The van der Waals surface area contributed by atoms with E-state index in [9.17, 15) is 14.4 Å². The Labute approximate surface area is 111 Å². The fourth-order valence-electron chi connectivity index (χ4n) is 1.68. The van der Waals surface area contributed by atoms with Gasteiger partial charge in [-0.3, -0.25) is 14.4 Å². The van der Waals surface area contributed by atoms with Crippen LogP contribution in [0.4, 0.5) is 0 Å². The molecule has 0 aliphatic heterocycles. The van der Waals surface area contributed by atoms with Gasteiger partial charge in [0.25, 0.3) is 0 Å². The maximum Gasteiger partial charge on any atom is 0.323 e. The zero-order valence-electron chi connectivity index (χ0n) is 11.4. The third-order valence-corrected chi connectivity index (χ3v) is 2.81. The molecule has 0 fully saturated rings. The largest absolute Gasteiger partial charge is 0.469 e. The lowest BCUT2D eigenvalue weighted by Gasteiger charge is -2.29. The Morgan fingerprint density at radius 2 is 1.47 bits per heavy atom. The number of carbonyl (C=O) groups is 3. The molecule has 1 atom stereocenters. The number of methoxy groups -OCH3 is 3. The molecule has 0 amide bonds. The molecule has 0 heterocycles. The third-order valence-electron chi connectivity index (χ3n) is 2.81. The summed E-state index contributed by atoms with van der Waals surface area (Å²) in [5, 5.41) is 9.08. The summed E-state index contributed by atoms with van der Waals surface area (Å²) in [5.74, 6) is -3.33. The second kappa shape index (κ2) is 7.36. The molecule has 0 aromatic rings. The smallest absolute Gasteiger partial charge is 0.323 e. The molecule has 0 bridgehead atoms. The van der Waals surface area contributed by atoms with Crippen LogP contribution in [-0.4, -0.2) is 39.2 Å². The average molecular weight is 271 g/mol. The molecule has 0 radical (unpaired) electrons. The molecule has 1 unspecified atom stereocenters.